The minimum absolute atomic E-state index is 0.0971. The van der Waals surface area contributed by atoms with Crippen molar-refractivity contribution >= 4 is 33.4 Å². The van der Waals surface area contributed by atoms with E-state index in [1.165, 1.54) is 0 Å². The first kappa shape index (κ1) is 27.6. The smallest absolute Gasteiger partial charge is 0.317 e. The van der Waals surface area contributed by atoms with Crippen LogP contribution in [0.3, 0.4) is 0 Å². The normalized spacial score (nSPS) is 15.0. The third kappa shape index (κ3) is 11.0. The van der Waals surface area contributed by atoms with Crippen LogP contribution in [0.1, 0.15) is 32.3 Å². The van der Waals surface area contributed by atoms with Crippen LogP contribution in [0.2, 0.25) is 0 Å². The molecule has 0 atom stereocenters. The van der Waals surface area contributed by atoms with E-state index < -0.39 is 5.97 Å². The molecule has 1 fully saturated rings. The first-order valence-corrected chi connectivity index (χ1v) is 10.5. The lowest BCUT2D eigenvalue weighted by Gasteiger charge is -2.19. The summed E-state index contributed by atoms with van der Waals surface area (Å²) in [5.74, 6) is -0.588. The predicted molar refractivity (Wildman–Crippen MR) is 124 cm³/mol. The Morgan fingerprint density at radius 3 is 2.20 bits per heavy atom. The highest BCUT2D eigenvalue weighted by Crippen LogP contribution is 2.18. The van der Waals surface area contributed by atoms with E-state index in [4.69, 9.17) is 21.3 Å². The number of likely N-dealkylation sites (N-methyl/N-ethyl adjacent to an activating group) is 1. The van der Waals surface area contributed by atoms with E-state index in [0.717, 1.165) is 22.9 Å². The van der Waals surface area contributed by atoms with Gasteiger partial charge in [0.1, 0.15) is 17.5 Å². The average molecular weight is 482 g/mol. The zero-order chi connectivity index (χ0) is 23.1. The molecule has 5 N–H and O–H groups in total. The van der Waals surface area contributed by atoms with Crippen LogP contribution < -0.4 is 11.5 Å². The van der Waals surface area contributed by atoms with E-state index >= 15 is 0 Å². The van der Waals surface area contributed by atoms with Gasteiger partial charge >= 0.3 is 5.97 Å². The molecule has 0 aliphatic carbocycles. The van der Waals surface area contributed by atoms with E-state index in [9.17, 15) is 10.1 Å². The number of carboxylic acid groups (broad SMARTS) is 1. The van der Waals surface area contributed by atoms with E-state index in [0.29, 0.717) is 18.9 Å². The van der Waals surface area contributed by atoms with Crippen LogP contribution in [0.25, 0.3) is 5.70 Å². The van der Waals surface area contributed by atoms with Gasteiger partial charge in [-0.15, -0.1) is 0 Å². The maximum absolute atomic E-state index is 9.77. The van der Waals surface area contributed by atoms with Crippen LogP contribution in [0.5, 0.6) is 0 Å². The number of nitrogens with two attached hydrogens (primary N) is 2. The molecule has 1 aliphatic rings. The number of amidine groups is 1. The summed E-state index contributed by atoms with van der Waals surface area (Å²) in [4.78, 5) is 15.8. The fraction of sp³-hybridized carbons (Fsp3) is 0.476. The molecule has 0 unspecified atom stereocenters. The fourth-order valence-electron chi connectivity index (χ4n) is 2.38. The predicted octanol–water partition coefficient (Wildman–Crippen LogP) is 2.84. The Hall–Kier alpha value is -2.41. The number of hydrogen-bond acceptors (Lipinski definition) is 6. The van der Waals surface area contributed by atoms with Crippen molar-refractivity contribution < 1.29 is 14.6 Å². The summed E-state index contributed by atoms with van der Waals surface area (Å²) in [7, 11) is 3.43. The third-order valence-electron chi connectivity index (χ3n) is 3.76. The zero-order valence-electron chi connectivity index (χ0n) is 18.1. The van der Waals surface area contributed by atoms with Crippen LogP contribution >= 0.6 is 15.9 Å². The average Bonchev–Trinajstić information content (AvgIpc) is 2.70. The number of aliphatic imine (C=N–C) groups is 1. The van der Waals surface area contributed by atoms with Crippen molar-refractivity contribution in [2.75, 3.05) is 33.9 Å². The molecule has 0 saturated carbocycles. The molecular formula is C21H32BrN5O3. The van der Waals surface area contributed by atoms with Crippen molar-refractivity contribution in [1.82, 2.24) is 4.90 Å². The lowest BCUT2D eigenvalue weighted by atomic mass is 10.1. The van der Waals surface area contributed by atoms with E-state index in [-0.39, 0.29) is 24.0 Å². The summed E-state index contributed by atoms with van der Waals surface area (Å²) >= 11 is 3.36. The van der Waals surface area contributed by atoms with Crippen molar-refractivity contribution in [1.29, 1.82) is 5.26 Å². The molecule has 0 aromatic heterocycles. The molecule has 0 bridgehead atoms. The van der Waals surface area contributed by atoms with Gasteiger partial charge in [0.05, 0.1) is 18.3 Å². The van der Waals surface area contributed by atoms with Crippen LogP contribution in [-0.4, -0.2) is 61.7 Å². The van der Waals surface area contributed by atoms with Gasteiger partial charge in [0.15, 0.2) is 0 Å². The van der Waals surface area contributed by atoms with Gasteiger partial charge in [-0.3, -0.25) is 14.7 Å². The Kier molecular flexibility index (Phi) is 14.2. The Labute approximate surface area is 187 Å². The monoisotopic (exact) mass is 481 g/mol. The minimum Gasteiger partial charge on any atom is -0.480 e. The van der Waals surface area contributed by atoms with Gasteiger partial charge in [0.2, 0.25) is 0 Å². The molecule has 1 heterocycles. The third-order valence-corrected chi connectivity index (χ3v) is 4.29. The highest BCUT2D eigenvalue weighted by molar-refractivity contribution is 9.10. The lowest BCUT2D eigenvalue weighted by Crippen LogP contribution is -2.25. The number of carbonyl (C=O) groups is 1. The summed E-state index contributed by atoms with van der Waals surface area (Å²) in [6, 6.07) is 9.55. The van der Waals surface area contributed by atoms with Gasteiger partial charge in [-0.05, 0) is 44.6 Å². The second-order valence-corrected chi connectivity index (χ2v) is 7.31. The molecule has 1 aromatic carbocycles. The lowest BCUT2D eigenvalue weighted by molar-refractivity contribution is -0.137. The first-order chi connectivity index (χ1) is 14.2. The molecule has 0 amide bonds. The Balaban J connectivity index is 0.000000795. The van der Waals surface area contributed by atoms with Crippen LogP contribution in [0.4, 0.5) is 0 Å². The highest BCUT2D eigenvalue weighted by atomic mass is 79.9. The van der Waals surface area contributed by atoms with Crippen molar-refractivity contribution in [2.24, 2.45) is 16.5 Å². The number of rotatable bonds is 5. The van der Waals surface area contributed by atoms with E-state index in [1.807, 2.05) is 38.1 Å². The Morgan fingerprint density at radius 2 is 1.80 bits per heavy atom. The first-order valence-electron chi connectivity index (χ1n) is 9.68. The van der Waals surface area contributed by atoms with Crippen LogP contribution in [-0.2, 0) is 9.53 Å². The number of hydrogen-bond donors (Lipinski definition) is 3. The molecule has 2 rings (SSSR count). The number of nitriles is 1. The van der Waals surface area contributed by atoms with Crippen molar-refractivity contribution in [3.63, 3.8) is 0 Å². The van der Waals surface area contributed by atoms with Gasteiger partial charge in [0.25, 0.3) is 0 Å². The molecule has 9 heteroatoms. The summed E-state index contributed by atoms with van der Waals surface area (Å²) in [5.41, 5.74) is 13.4. The molecule has 8 nitrogen and oxygen atoms in total. The number of ether oxygens (including phenoxy) is 1. The van der Waals surface area contributed by atoms with Gasteiger partial charge < -0.3 is 21.3 Å². The number of carboxylic acids is 1. The van der Waals surface area contributed by atoms with Crippen LogP contribution in [0.15, 0.2) is 39.3 Å². The van der Waals surface area contributed by atoms with Gasteiger partial charge in [-0.25, -0.2) is 0 Å². The number of halogens is 1. The highest BCUT2D eigenvalue weighted by Gasteiger charge is 2.16. The maximum atomic E-state index is 9.77. The molecule has 1 aromatic rings. The summed E-state index contributed by atoms with van der Waals surface area (Å²) in [5, 5.41) is 17.4. The van der Waals surface area contributed by atoms with Crippen molar-refractivity contribution in [2.45, 2.75) is 32.7 Å². The molecule has 30 heavy (non-hydrogen) atoms. The number of nitrogens with zero attached hydrogens (tertiary/aromatic N) is 3. The minimum atomic E-state index is -0.787. The molecular weight excluding hydrogens is 450 g/mol. The summed E-state index contributed by atoms with van der Waals surface area (Å²) < 4.78 is 6.23. The quantitative estimate of drug-likeness (QED) is 0.333. The van der Waals surface area contributed by atoms with E-state index in [2.05, 4.69) is 27.0 Å². The summed E-state index contributed by atoms with van der Waals surface area (Å²) in [6.45, 7) is 5.46. The topological polar surface area (TPSA) is 138 Å². The Bertz CT molecular complexity index is 749. The molecule has 1 saturated heterocycles. The molecule has 166 valence electrons. The van der Waals surface area contributed by atoms with Crippen LogP contribution in [0, 0.1) is 11.3 Å². The fourth-order valence-corrected chi connectivity index (χ4v) is 2.64. The zero-order valence-corrected chi connectivity index (χ0v) is 19.6. The van der Waals surface area contributed by atoms with Gasteiger partial charge in [-0.1, -0.05) is 41.9 Å². The SMILES string of the molecule is CC.CN(C)CC(=O)O.N#C/C(C(N)=NC1CCOCC1)=C(/N)c1ccc(Br)cc1. The Morgan fingerprint density at radius 1 is 1.27 bits per heavy atom. The van der Waals surface area contributed by atoms with Gasteiger partial charge in [-0.2, -0.15) is 5.26 Å². The van der Waals surface area contributed by atoms with Gasteiger partial charge in [0, 0.05) is 17.7 Å². The molecule has 0 radical (unpaired) electrons. The van der Waals surface area contributed by atoms with E-state index in [1.54, 1.807) is 19.0 Å². The van der Waals surface area contributed by atoms with Crippen molar-refractivity contribution in [3.8, 4) is 6.07 Å². The standard InChI is InChI=1S/C15H17BrN4O.C4H9NO2.C2H6/c16-11-3-1-10(2-4-11)14(18)13(9-17)15(19)20-12-5-7-21-8-6-12;1-5(2)3-4(6)7;1-2/h1-4,12H,5-8,18H2,(H2,19,20);3H2,1-2H3,(H,6,7);1-2H3/b14-13-;;. The second-order valence-electron chi connectivity index (χ2n) is 6.40. The summed E-state index contributed by atoms with van der Waals surface area (Å²) in [6.07, 6.45) is 1.63. The number of aliphatic carboxylic acids is 1. The molecule has 0 spiro atoms. The van der Waals surface area contributed by atoms with Crippen molar-refractivity contribution in [3.05, 3.63) is 39.9 Å². The second kappa shape index (κ2) is 15.4. The maximum Gasteiger partial charge on any atom is 0.317 e. The largest absolute Gasteiger partial charge is 0.480 e. The molecule has 1 aliphatic heterocycles. The number of benzene rings is 1.